The van der Waals surface area contributed by atoms with E-state index in [2.05, 4.69) is 17.2 Å². The number of ether oxygens (including phenoxy) is 1. The molecule has 3 aromatic rings. The molecule has 2 heterocycles. The summed E-state index contributed by atoms with van der Waals surface area (Å²) in [6.07, 6.45) is 3.96. The van der Waals surface area contributed by atoms with Gasteiger partial charge in [-0.1, -0.05) is 18.5 Å². The van der Waals surface area contributed by atoms with E-state index >= 15 is 0 Å². The Balaban J connectivity index is 1.61. The van der Waals surface area contributed by atoms with Gasteiger partial charge in [0.25, 0.3) is 5.56 Å². The zero-order valence-corrected chi connectivity index (χ0v) is 18.1. The number of carbonyl (C=O) groups is 2. The lowest BCUT2D eigenvalue weighted by Crippen LogP contribution is -2.28. The van der Waals surface area contributed by atoms with Gasteiger partial charge in [-0.2, -0.15) is 0 Å². The van der Waals surface area contributed by atoms with Gasteiger partial charge in [0.05, 0.1) is 29.9 Å². The van der Waals surface area contributed by atoms with Crippen LogP contribution in [0.4, 0.5) is 5.00 Å². The van der Waals surface area contributed by atoms with Crippen LogP contribution in [0.1, 0.15) is 34.1 Å². The summed E-state index contributed by atoms with van der Waals surface area (Å²) in [7, 11) is 1.33. The average molecular weight is 446 g/mol. The maximum atomic E-state index is 12.7. The second kappa shape index (κ2) is 8.20. The summed E-state index contributed by atoms with van der Waals surface area (Å²) in [5.41, 5.74) is 1.52. The number of fused-ring (bicyclic) bond motifs is 2. The smallest absolute Gasteiger partial charge is 0.341 e. The number of halogens is 1. The topological polar surface area (TPSA) is 90.3 Å². The number of benzene rings is 1. The van der Waals surface area contributed by atoms with Crippen LogP contribution in [0.5, 0.6) is 0 Å². The Labute approximate surface area is 181 Å². The molecule has 0 radical (unpaired) electrons. The summed E-state index contributed by atoms with van der Waals surface area (Å²) < 4.78 is 6.18. The van der Waals surface area contributed by atoms with E-state index in [1.807, 2.05) is 0 Å². The highest BCUT2D eigenvalue weighted by Gasteiger charge is 2.29. The van der Waals surface area contributed by atoms with E-state index in [1.165, 1.54) is 29.3 Å². The van der Waals surface area contributed by atoms with Crippen LogP contribution < -0.4 is 10.9 Å². The van der Waals surface area contributed by atoms with E-state index in [0.717, 1.165) is 29.7 Å². The average Bonchev–Trinajstić information content (AvgIpc) is 3.06. The van der Waals surface area contributed by atoms with Gasteiger partial charge in [-0.05, 0) is 48.9 Å². The number of anilines is 1. The molecule has 30 heavy (non-hydrogen) atoms. The van der Waals surface area contributed by atoms with Gasteiger partial charge in [0, 0.05) is 9.90 Å². The fourth-order valence-electron chi connectivity index (χ4n) is 3.72. The van der Waals surface area contributed by atoms with Gasteiger partial charge in [-0.3, -0.25) is 14.2 Å². The highest BCUT2D eigenvalue weighted by Crippen LogP contribution is 2.40. The SMILES string of the molecule is COC(=O)c1c(NC(=O)Cn2cnc3cc(Cl)ccc3c2=O)sc2c1CCC(C)C2. The molecule has 0 spiro atoms. The molecule has 0 fully saturated rings. The molecule has 1 N–H and O–H groups in total. The Morgan fingerprint density at radius 2 is 2.20 bits per heavy atom. The first kappa shape index (κ1) is 20.6. The molecule has 0 aliphatic heterocycles. The molecule has 1 aromatic carbocycles. The van der Waals surface area contributed by atoms with Crippen LogP contribution in [-0.4, -0.2) is 28.5 Å². The normalized spacial score (nSPS) is 15.6. The number of nitrogens with one attached hydrogen (secondary N) is 1. The second-order valence-corrected chi connectivity index (χ2v) is 8.98. The summed E-state index contributed by atoms with van der Waals surface area (Å²) in [5, 5.41) is 4.14. The van der Waals surface area contributed by atoms with E-state index in [-0.39, 0.29) is 12.1 Å². The Morgan fingerprint density at radius 1 is 1.40 bits per heavy atom. The van der Waals surface area contributed by atoms with Gasteiger partial charge >= 0.3 is 5.97 Å². The molecular formula is C21H20ClN3O4S. The minimum atomic E-state index is -0.459. The lowest BCUT2D eigenvalue weighted by atomic mass is 9.88. The molecule has 2 aromatic heterocycles. The van der Waals surface area contributed by atoms with Crippen molar-refractivity contribution in [3.05, 3.63) is 55.9 Å². The summed E-state index contributed by atoms with van der Waals surface area (Å²) in [4.78, 5) is 43.1. The minimum Gasteiger partial charge on any atom is -0.465 e. The first-order valence-electron chi connectivity index (χ1n) is 9.54. The van der Waals surface area contributed by atoms with Crippen LogP contribution in [0.3, 0.4) is 0 Å². The molecule has 9 heteroatoms. The molecule has 0 saturated carbocycles. The van der Waals surface area contributed by atoms with Crippen LogP contribution in [0.25, 0.3) is 10.9 Å². The maximum absolute atomic E-state index is 12.7. The maximum Gasteiger partial charge on any atom is 0.341 e. The van der Waals surface area contributed by atoms with E-state index in [0.29, 0.717) is 32.4 Å². The molecule has 1 aliphatic rings. The van der Waals surface area contributed by atoms with Crippen molar-refractivity contribution >= 4 is 50.7 Å². The summed E-state index contributed by atoms with van der Waals surface area (Å²) in [6, 6.07) is 4.80. The molecule has 1 aliphatic carbocycles. The van der Waals surface area contributed by atoms with Crippen molar-refractivity contribution in [2.24, 2.45) is 5.92 Å². The summed E-state index contributed by atoms with van der Waals surface area (Å²) >= 11 is 7.35. The number of aromatic nitrogens is 2. The third kappa shape index (κ3) is 3.85. The van der Waals surface area contributed by atoms with Crippen molar-refractivity contribution in [3.8, 4) is 0 Å². The number of hydrogen-bond acceptors (Lipinski definition) is 6. The number of hydrogen-bond donors (Lipinski definition) is 1. The van der Waals surface area contributed by atoms with E-state index in [9.17, 15) is 14.4 Å². The highest BCUT2D eigenvalue weighted by atomic mass is 35.5. The Morgan fingerprint density at radius 3 is 2.97 bits per heavy atom. The fraction of sp³-hybridized carbons (Fsp3) is 0.333. The van der Waals surface area contributed by atoms with Gasteiger partial charge < -0.3 is 10.1 Å². The number of thiophene rings is 1. The predicted octanol–water partition coefficient (Wildman–Crippen LogP) is 3.66. The number of carbonyl (C=O) groups excluding carboxylic acids is 2. The van der Waals surface area contributed by atoms with Crippen LogP contribution in [0, 0.1) is 5.92 Å². The van der Waals surface area contributed by atoms with Crippen LogP contribution >= 0.6 is 22.9 Å². The zero-order valence-electron chi connectivity index (χ0n) is 16.5. The van der Waals surface area contributed by atoms with Crippen molar-refractivity contribution in [1.82, 2.24) is 9.55 Å². The molecule has 4 rings (SSSR count). The van der Waals surface area contributed by atoms with Gasteiger partial charge in [-0.15, -0.1) is 11.3 Å². The minimum absolute atomic E-state index is 0.218. The second-order valence-electron chi connectivity index (χ2n) is 7.43. The Hall–Kier alpha value is -2.71. The van der Waals surface area contributed by atoms with E-state index < -0.39 is 11.9 Å². The van der Waals surface area contributed by atoms with E-state index in [1.54, 1.807) is 18.2 Å². The summed E-state index contributed by atoms with van der Waals surface area (Å²) in [5.74, 6) is -0.344. The standard InChI is InChI=1S/C21H20ClN3O4S/c1-11-3-5-14-16(7-11)30-19(18(14)21(28)29-2)24-17(26)9-25-10-23-15-8-12(22)4-6-13(15)20(25)27/h4,6,8,10-11H,3,5,7,9H2,1-2H3,(H,24,26). The van der Waals surface area contributed by atoms with Crippen molar-refractivity contribution in [3.63, 3.8) is 0 Å². The quantitative estimate of drug-likeness (QED) is 0.619. The number of methoxy groups -OCH3 is 1. The van der Waals surface area contributed by atoms with Crippen molar-refractivity contribution < 1.29 is 14.3 Å². The monoisotopic (exact) mass is 445 g/mol. The molecule has 0 bridgehead atoms. The zero-order chi connectivity index (χ0) is 21.4. The van der Waals surface area contributed by atoms with Crippen molar-refractivity contribution in [2.75, 3.05) is 12.4 Å². The van der Waals surface area contributed by atoms with Gasteiger partial charge in [-0.25, -0.2) is 9.78 Å². The molecule has 156 valence electrons. The largest absolute Gasteiger partial charge is 0.465 e. The number of rotatable bonds is 4. The lowest BCUT2D eigenvalue weighted by Gasteiger charge is -2.18. The third-order valence-corrected chi connectivity index (χ3v) is 6.66. The Kier molecular flexibility index (Phi) is 5.62. The van der Waals surface area contributed by atoms with Crippen molar-refractivity contribution in [2.45, 2.75) is 32.7 Å². The number of nitrogens with zero attached hydrogens (tertiary/aromatic N) is 2. The van der Waals surface area contributed by atoms with Crippen LogP contribution in [-0.2, 0) is 28.9 Å². The van der Waals surface area contributed by atoms with Crippen molar-refractivity contribution in [1.29, 1.82) is 0 Å². The summed E-state index contributed by atoms with van der Waals surface area (Å²) in [6.45, 7) is 1.95. The fourth-order valence-corrected chi connectivity index (χ4v) is 5.30. The van der Waals surface area contributed by atoms with Gasteiger partial charge in [0.2, 0.25) is 5.91 Å². The van der Waals surface area contributed by atoms with Crippen LogP contribution in [0.15, 0.2) is 29.3 Å². The molecule has 0 saturated heterocycles. The predicted molar refractivity (Wildman–Crippen MR) is 116 cm³/mol. The molecule has 1 unspecified atom stereocenters. The molecule has 1 atom stereocenters. The first-order chi connectivity index (χ1) is 14.4. The third-order valence-electron chi connectivity index (χ3n) is 5.26. The van der Waals surface area contributed by atoms with Gasteiger partial charge in [0.1, 0.15) is 11.5 Å². The molecule has 1 amide bonds. The number of esters is 1. The number of amides is 1. The van der Waals surface area contributed by atoms with Crippen LogP contribution in [0.2, 0.25) is 5.02 Å². The highest BCUT2D eigenvalue weighted by molar-refractivity contribution is 7.17. The molecule has 7 nitrogen and oxygen atoms in total. The lowest BCUT2D eigenvalue weighted by molar-refractivity contribution is -0.116. The van der Waals surface area contributed by atoms with E-state index in [4.69, 9.17) is 16.3 Å². The first-order valence-corrected chi connectivity index (χ1v) is 10.7. The van der Waals surface area contributed by atoms with Gasteiger partial charge in [0.15, 0.2) is 0 Å². The Bertz CT molecular complexity index is 1220. The molecular weight excluding hydrogens is 426 g/mol.